The monoisotopic (exact) mass is 289 g/mol. The highest BCUT2D eigenvalue weighted by Gasteiger charge is 2.17. The number of nitrogens with one attached hydrogen (secondary N) is 1. The van der Waals surface area contributed by atoms with Crippen LogP contribution in [0.4, 0.5) is 10.5 Å². The number of nitrogens with two attached hydrogens (primary N) is 1. The molecule has 1 aromatic carbocycles. The van der Waals surface area contributed by atoms with Gasteiger partial charge in [-0.25, -0.2) is 4.79 Å². The van der Waals surface area contributed by atoms with Crippen molar-refractivity contribution in [3.05, 3.63) is 28.2 Å². The number of urea groups is 1. The van der Waals surface area contributed by atoms with E-state index in [-0.39, 0.29) is 19.0 Å². The largest absolute Gasteiger partial charge is 0.329 e. The van der Waals surface area contributed by atoms with Crippen molar-refractivity contribution in [2.75, 3.05) is 18.4 Å². The number of imide groups is 1. The zero-order valence-electron chi connectivity index (χ0n) is 9.74. The number of amides is 3. The summed E-state index contributed by atoms with van der Waals surface area (Å²) in [7, 11) is 0. The summed E-state index contributed by atoms with van der Waals surface area (Å²) < 4.78 is 0. The number of carbonyl (C=O) groups excluding carboxylic acids is 2. The maximum atomic E-state index is 11.8. The van der Waals surface area contributed by atoms with Crippen LogP contribution in [0.25, 0.3) is 0 Å². The minimum atomic E-state index is -0.550. The molecule has 0 saturated carbocycles. The lowest BCUT2D eigenvalue weighted by Crippen LogP contribution is -2.41. The second-order valence-corrected chi connectivity index (χ2v) is 4.33. The Morgan fingerprint density at radius 1 is 1.33 bits per heavy atom. The van der Waals surface area contributed by atoms with E-state index in [0.29, 0.717) is 15.7 Å². The number of anilines is 1. The highest BCUT2D eigenvalue weighted by molar-refractivity contribution is 6.42. The Labute approximate surface area is 115 Å². The Morgan fingerprint density at radius 3 is 2.50 bits per heavy atom. The van der Waals surface area contributed by atoms with Gasteiger partial charge in [-0.3, -0.25) is 9.69 Å². The van der Waals surface area contributed by atoms with Crippen molar-refractivity contribution in [2.24, 2.45) is 5.73 Å². The fourth-order valence-corrected chi connectivity index (χ4v) is 1.59. The first kappa shape index (κ1) is 14.8. The van der Waals surface area contributed by atoms with Crippen LogP contribution in [0.2, 0.25) is 10.0 Å². The minimum absolute atomic E-state index is 0.155. The van der Waals surface area contributed by atoms with E-state index in [4.69, 9.17) is 28.9 Å². The highest BCUT2D eigenvalue weighted by atomic mass is 35.5. The van der Waals surface area contributed by atoms with Crippen molar-refractivity contribution in [3.8, 4) is 0 Å². The maximum Gasteiger partial charge on any atom is 0.328 e. The summed E-state index contributed by atoms with van der Waals surface area (Å²) in [5.41, 5.74) is 5.79. The van der Waals surface area contributed by atoms with Crippen LogP contribution in [0.5, 0.6) is 0 Å². The van der Waals surface area contributed by atoms with Crippen molar-refractivity contribution in [1.29, 1.82) is 0 Å². The molecule has 0 spiro atoms. The van der Waals surface area contributed by atoms with Gasteiger partial charge in [0.2, 0.25) is 5.91 Å². The van der Waals surface area contributed by atoms with E-state index < -0.39 is 6.03 Å². The molecule has 0 fully saturated rings. The lowest BCUT2D eigenvalue weighted by Gasteiger charge is -2.18. The molecular formula is C11H13Cl2N3O2. The molecule has 0 heterocycles. The van der Waals surface area contributed by atoms with Gasteiger partial charge in [0.1, 0.15) is 0 Å². The van der Waals surface area contributed by atoms with E-state index in [1.54, 1.807) is 12.1 Å². The third-order valence-electron chi connectivity index (χ3n) is 2.15. The van der Waals surface area contributed by atoms with Gasteiger partial charge in [-0.05, 0) is 18.2 Å². The molecule has 0 aromatic heterocycles. The summed E-state index contributed by atoms with van der Waals surface area (Å²) in [6.07, 6.45) is 0. The first-order chi connectivity index (χ1) is 8.45. The van der Waals surface area contributed by atoms with Gasteiger partial charge in [-0.2, -0.15) is 0 Å². The molecule has 7 heteroatoms. The Hall–Kier alpha value is -1.30. The topological polar surface area (TPSA) is 75.4 Å². The Balaban J connectivity index is 2.79. The van der Waals surface area contributed by atoms with E-state index in [1.165, 1.54) is 13.0 Å². The van der Waals surface area contributed by atoms with Crippen LogP contribution in [-0.2, 0) is 4.79 Å². The molecule has 3 N–H and O–H groups in total. The molecule has 18 heavy (non-hydrogen) atoms. The molecule has 98 valence electrons. The molecule has 1 aromatic rings. The summed E-state index contributed by atoms with van der Waals surface area (Å²) in [6.45, 7) is 1.65. The zero-order chi connectivity index (χ0) is 13.7. The summed E-state index contributed by atoms with van der Waals surface area (Å²) in [5, 5.41) is 3.25. The molecule has 5 nitrogen and oxygen atoms in total. The Bertz CT molecular complexity index is 466. The highest BCUT2D eigenvalue weighted by Crippen LogP contribution is 2.25. The van der Waals surface area contributed by atoms with E-state index >= 15 is 0 Å². The zero-order valence-corrected chi connectivity index (χ0v) is 11.3. The number of hydrogen-bond acceptors (Lipinski definition) is 3. The van der Waals surface area contributed by atoms with Gasteiger partial charge in [0.15, 0.2) is 0 Å². The molecule has 0 aliphatic rings. The van der Waals surface area contributed by atoms with E-state index in [0.717, 1.165) is 4.90 Å². The molecule has 0 bridgehead atoms. The molecule has 3 amide bonds. The van der Waals surface area contributed by atoms with E-state index in [9.17, 15) is 9.59 Å². The Kier molecular flexibility index (Phi) is 5.40. The van der Waals surface area contributed by atoms with Crippen LogP contribution < -0.4 is 11.1 Å². The van der Waals surface area contributed by atoms with Crippen molar-refractivity contribution >= 4 is 40.8 Å². The summed E-state index contributed by atoms with van der Waals surface area (Å²) in [4.78, 5) is 24.1. The van der Waals surface area contributed by atoms with Gasteiger partial charge in [0.05, 0.1) is 10.0 Å². The summed E-state index contributed by atoms with van der Waals surface area (Å²) >= 11 is 11.6. The second kappa shape index (κ2) is 6.58. The predicted octanol–water partition coefficient (Wildman–Crippen LogP) is 2.33. The third-order valence-corrected chi connectivity index (χ3v) is 2.89. The number of nitrogens with zero attached hydrogens (tertiary/aromatic N) is 1. The average molecular weight is 290 g/mol. The van der Waals surface area contributed by atoms with Crippen LogP contribution >= 0.6 is 23.2 Å². The Morgan fingerprint density at radius 2 is 2.00 bits per heavy atom. The van der Waals surface area contributed by atoms with Crippen molar-refractivity contribution in [2.45, 2.75) is 6.92 Å². The molecule has 0 aliphatic heterocycles. The number of carbonyl (C=O) groups is 2. The fraction of sp³-hybridized carbons (Fsp3) is 0.273. The molecule has 1 rings (SSSR count). The number of benzene rings is 1. The lowest BCUT2D eigenvalue weighted by molar-refractivity contribution is -0.125. The normalized spacial score (nSPS) is 10.0. The molecule has 0 radical (unpaired) electrons. The van der Waals surface area contributed by atoms with Gasteiger partial charge in [0, 0.05) is 25.7 Å². The van der Waals surface area contributed by atoms with Crippen LogP contribution in [0.3, 0.4) is 0 Å². The number of hydrogen-bond donors (Lipinski definition) is 2. The van der Waals surface area contributed by atoms with Gasteiger partial charge in [-0.15, -0.1) is 0 Å². The fourth-order valence-electron chi connectivity index (χ4n) is 1.30. The van der Waals surface area contributed by atoms with Gasteiger partial charge in [-0.1, -0.05) is 23.2 Å². The molecule has 0 unspecified atom stereocenters. The van der Waals surface area contributed by atoms with Gasteiger partial charge in [0.25, 0.3) is 0 Å². The van der Waals surface area contributed by atoms with Crippen LogP contribution in [0.1, 0.15) is 6.92 Å². The van der Waals surface area contributed by atoms with Gasteiger partial charge >= 0.3 is 6.03 Å². The summed E-state index contributed by atoms with van der Waals surface area (Å²) in [6, 6.07) is 4.10. The first-order valence-electron chi connectivity index (χ1n) is 5.20. The average Bonchev–Trinajstić information content (AvgIpc) is 2.30. The third kappa shape index (κ3) is 3.87. The van der Waals surface area contributed by atoms with Crippen LogP contribution in [0, 0.1) is 0 Å². The SMILES string of the molecule is CC(=O)N(CCN)C(=O)Nc1ccc(Cl)c(Cl)c1. The van der Waals surface area contributed by atoms with Gasteiger partial charge < -0.3 is 11.1 Å². The quantitative estimate of drug-likeness (QED) is 0.897. The lowest BCUT2D eigenvalue weighted by atomic mass is 10.3. The maximum absolute atomic E-state index is 11.8. The standard InChI is InChI=1S/C11H13Cl2N3O2/c1-7(17)16(5-4-14)11(18)15-8-2-3-9(12)10(13)6-8/h2-3,6H,4-5,14H2,1H3,(H,15,18). The minimum Gasteiger partial charge on any atom is -0.329 e. The summed E-state index contributed by atoms with van der Waals surface area (Å²) in [5.74, 6) is -0.377. The first-order valence-corrected chi connectivity index (χ1v) is 5.95. The number of halogens is 2. The molecule has 0 saturated heterocycles. The predicted molar refractivity (Wildman–Crippen MR) is 71.9 cm³/mol. The second-order valence-electron chi connectivity index (χ2n) is 3.52. The van der Waals surface area contributed by atoms with Crippen LogP contribution in [0.15, 0.2) is 18.2 Å². The van der Waals surface area contributed by atoms with Crippen molar-refractivity contribution in [3.63, 3.8) is 0 Å². The van der Waals surface area contributed by atoms with E-state index in [2.05, 4.69) is 5.32 Å². The van der Waals surface area contributed by atoms with Crippen molar-refractivity contribution < 1.29 is 9.59 Å². The van der Waals surface area contributed by atoms with Crippen LogP contribution in [-0.4, -0.2) is 29.9 Å². The molecule has 0 aliphatic carbocycles. The smallest absolute Gasteiger partial charge is 0.328 e. The van der Waals surface area contributed by atoms with E-state index in [1.807, 2.05) is 0 Å². The molecular weight excluding hydrogens is 277 g/mol. The number of rotatable bonds is 3. The van der Waals surface area contributed by atoms with Crippen molar-refractivity contribution in [1.82, 2.24) is 4.90 Å². The molecule has 0 atom stereocenters.